The van der Waals surface area contributed by atoms with Gasteiger partial charge in [0.15, 0.2) is 10.7 Å². The molecule has 0 aliphatic carbocycles. The number of fused-ring (bicyclic) bond motifs is 1. The Morgan fingerprint density at radius 2 is 2.20 bits per heavy atom. The van der Waals surface area contributed by atoms with Gasteiger partial charge in [0.05, 0.1) is 6.42 Å². The van der Waals surface area contributed by atoms with E-state index in [2.05, 4.69) is 0 Å². The molecule has 3 N–H and O–H groups in total. The highest BCUT2D eigenvalue weighted by Crippen LogP contribution is 2.53. The highest BCUT2D eigenvalue weighted by Gasteiger charge is 2.62. The first-order valence-electron chi connectivity index (χ1n) is 4.16. The fourth-order valence-electron chi connectivity index (χ4n) is 1.71. The van der Waals surface area contributed by atoms with Crippen LogP contribution in [0.2, 0.25) is 0 Å². The van der Waals surface area contributed by atoms with E-state index in [-0.39, 0.29) is 28.8 Å². The summed E-state index contributed by atoms with van der Waals surface area (Å²) in [6.07, 6.45) is 0.0183. The summed E-state index contributed by atoms with van der Waals surface area (Å²) in [5.41, 5.74) is 5.51. The van der Waals surface area contributed by atoms with Gasteiger partial charge in [0.2, 0.25) is 5.91 Å². The summed E-state index contributed by atoms with van der Waals surface area (Å²) in [5.74, 6) is -1.91. The zero-order valence-electron chi connectivity index (χ0n) is 7.81. The number of carboxylic acids is 1. The Labute approximate surface area is 89.1 Å². The number of ketones is 1. The van der Waals surface area contributed by atoms with Gasteiger partial charge in [0, 0.05) is 0 Å². The summed E-state index contributed by atoms with van der Waals surface area (Å²) in [6, 6.07) is 0. The molecule has 0 bridgehead atoms. The second-order valence-corrected chi connectivity index (χ2v) is 4.66. The number of rotatable bonds is 2. The smallest absolute Gasteiger partial charge is 0.346 e. The lowest BCUT2D eigenvalue weighted by molar-refractivity contribution is -0.151. The third kappa shape index (κ3) is 1.03. The van der Waals surface area contributed by atoms with Crippen LogP contribution < -0.4 is 5.73 Å². The molecule has 0 aromatic heterocycles. The fraction of sp³-hybridized carbons (Fsp3) is 0.375. The molecule has 0 spiro atoms. The average molecular weight is 228 g/mol. The molecule has 2 heterocycles. The van der Waals surface area contributed by atoms with Gasteiger partial charge < -0.3 is 10.8 Å². The first-order valence-corrected chi connectivity index (χ1v) is 4.98. The minimum absolute atomic E-state index is 0.0183. The summed E-state index contributed by atoms with van der Waals surface area (Å²) in [7, 11) is 0. The molecule has 1 fully saturated rings. The van der Waals surface area contributed by atoms with Gasteiger partial charge in [-0.1, -0.05) is 11.8 Å². The van der Waals surface area contributed by atoms with Crippen LogP contribution >= 0.6 is 11.8 Å². The van der Waals surface area contributed by atoms with Crippen molar-refractivity contribution < 1.29 is 19.5 Å². The fourth-order valence-corrected chi connectivity index (χ4v) is 2.97. The van der Waals surface area contributed by atoms with Gasteiger partial charge in [-0.2, -0.15) is 0 Å². The van der Waals surface area contributed by atoms with Crippen LogP contribution in [0.1, 0.15) is 13.3 Å². The van der Waals surface area contributed by atoms with Crippen molar-refractivity contribution in [3.05, 3.63) is 10.7 Å². The topological polar surface area (TPSA) is 101 Å². The third-order valence-corrected chi connectivity index (χ3v) is 4.03. The quantitative estimate of drug-likeness (QED) is 0.616. The Hall–Kier alpha value is -1.50. The van der Waals surface area contributed by atoms with E-state index in [1.54, 1.807) is 0 Å². The number of β-lactam (4-membered cyclic amide) rings is 1. The average Bonchev–Trinajstić information content (AvgIpc) is 2.32. The molecular weight excluding hydrogens is 220 g/mol. The highest BCUT2D eigenvalue weighted by atomic mass is 32.2. The number of carboxylic acid groups (broad SMARTS) is 1. The second-order valence-electron chi connectivity index (χ2n) is 3.37. The predicted molar refractivity (Wildman–Crippen MR) is 51.3 cm³/mol. The van der Waals surface area contributed by atoms with Gasteiger partial charge in [-0.15, -0.1) is 0 Å². The van der Waals surface area contributed by atoms with E-state index in [0.29, 0.717) is 0 Å². The maximum absolute atomic E-state index is 11.4. The number of carbonyl (C=O) groups is 3. The Morgan fingerprint density at radius 1 is 1.60 bits per heavy atom. The zero-order chi connectivity index (χ0) is 11.4. The van der Waals surface area contributed by atoms with E-state index in [0.717, 1.165) is 16.7 Å². The molecule has 0 unspecified atom stereocenters. The lowest BCUT2D eigenvalue weighted by Gasteiger charge is -2.44. The zero-order valence-corrected chi connectivity index (χ0v) is 8.63. The Kier molecular flexibility index (Phi) is 1.84. The molecule has 1 atom stereocenters. The van der Waals surface area contributed by atoms with Crippen molar-refractivity contribution in [1.82, 2.24) is 4.90 Å². The molecule has 0 radical (unpaired) electrons. The summed E-state index contributed by atoms with van der Waals surface area (Å²) < 4.78 is 0. The first-order chi connectivity index (χ1) is 6.90. The number of hydrogen-bond donors (Lipinski definition) is 2. The SMILES string of the molecule is CC(=O)[C@@]12CC(=O)N1C(N)=C(C(=O)O)S2. The van der Waals surface area contributed by atoms with E-state index < -0.39 is 10.8 Å². The van der Waals surface area contributed by atoms with Gasteiger partial charge in [-0.3, -0.25) is 14.5 Å². The van der Waals surface area contributed by atoms with E-state index in [1.165, 1.54) is 6.92 Å². The molecule has 2 rings (SSSR count). The molecule has 2 aliphatic heterocycles. The van der Waals surface area contributed by atoms with Gasteiger partial charge in [-0.05, 0) is 6.92 Å². The Bertz CT molecular complexity index is 430. The first kappa shape index (κ1) is 10.0. The lowest BCUT2D eigenvalue weighted by Crippen LogP contribution is -2.63. The number of amides is 1. The molecule has 15 heavy (non-hydrogen) atoms. The van der Waals surface area contributed by atoms with E-state index >= 15 is 0 Å². The van der Waals surface area contributed by atoms with Crippen molar-refractivity contribution in [2.45, 2.75) is 18.2 Å². The normalized spacial score (nSPS) is 28.9. The lowest BCUT2D eigenvalue weighted by atomic mass is 9.97. The maximum Gasteiger partial charge on any atom is 0.346 e. The number of Topliss-reactive ketones (excluding diaryl/α,β-unsaturated/α-hetero) is 1. The Balaban J connectivity index is 2.44. The van der Waals surface area contributed by atoms with Crippen LogP contribution in [-0.4, -0.2) is 32.5 Å². The molecule has 6 nitrogen and oxygen atoms in total. The van der Waals surface area contributed by atoms with Crippen LogP contribution in [0.15, 0.2) is 10.7 Å². The van der Waals surface area contributed by atoms with Crippen molar-refractivity contribution >= 4 is 29.4 Å². The van der Waals surface area contributed by atoms with Crippen molar-refractivity contribution in [3.63, 3.8) is 0 Å². The minimum atomic E-state index is -1.21. The van der Waals surface area contributed by atoms with Crippen molar-refractivity contribution in [1.29, 1.82) is 0 Å². The number of carbonyl (C=O) groups excluding carboxylic acids is 2. The third-order valence-electron chi connectivity index (χ3n) is 2.49. The van der Waals surface area contributed by atoms with Gasteiger partial charge in [0.25, 0.3) is 0 Å². The molecule has 0 aromatic carbocycles. The van der Waals surface area contributed by atoms with Crippen LogP contribution in [0, 0.1) is 0 Å². The minimum Gasteiger partial charge on any atom is -0.477 e. The van der Waals surface area contributed by atoms with Crippen LogP contribution in [0.4, 0.5) is 0 Å². The van der Waals surface area contributed by atoms with E-state index in [9.17, 15) is 14.4 Å². The van der Waals surface area contributed by atoms with E-state index in [1.807, 2.05) is 0 Å². The molecule has 80 valence electrons. The van der Waals surface area contributed by atoms with Crippen LogP contribution in [0.5, 0.6) is 0 Å². The van der Waals surface area contributed by atoms with E-state index in [4.69, 9.17) is 10.8 Å². The molecule has 7 heteroatoms. The molecule has 0 aromatic rings. The molecule has 1 saturated heterocycles. The number of hydrogen-bond acceptors (Lipinski definition) is 5. The van der Waals surface area contributed by atoms with Crippen molar-refractivity contribution in [2.24, 2.45) is 5.73 Å². The summed E-state index contributed by atoms with van der Waals surface area (Å²) in [4.78, 5) is 33.3. The van der Waals surface area contributed by atoms with Gasteiger partial charge in [-0.25, -0.2) is 4.79 Å². The molecule has 1 amide bonds. The van der Waals surface area contributed by atoms with Crippen LogP contribution in [0.25, 0.3) is 0 Å². The molecule has 0 saturated carbocycles. The number of nitrogens with zero attached hydrogens (tertiary/aromatic N) is 1. The highest BCUT2D eigenvalue weighted by molar-refractivity contribution is 8.06. The predicted octanol–water partition coefficient (Wildman–Crippen LogP) is -0.537. The number of aliphatic carboxylic acids is 1. The van der Waals surface area contributed by atoms with Gasteiger partial charge in [0.1, 0.15) is 10.7 Å². The summed E-state index contributed by atoms with van der Waals surface area (Å²) in [6.45, 7) is 1.32. The molecular formula is C8H8N2O4S. The maximum atomic E-state index is 11.4. The summed E-state index contributed by atoms with van der Waals surface area (Å²) >= 11 is 0.847. The Morgan fingerprint density at radius 3 is 2.53 bits per heavy atom. The van der Waals surface area contributed by atoms with Crippen molar-refractivity contribution in [2.75, 3.05) is 0 Å². The largest absolute Gasteiger partial charge is 0.477 e. The summed E-state index contributed by atoms with van der Waals surface area (Å²) in [5, 5.41) is 8.82. The standard InChI is InChI=1S/C8H8N2O4S/c1-3(11)8-2-4(12)10(8)6(9)5(15-8)7(13)14/h2,9H2,1H3,(H,13,14)/t8-/m0/s1. The second kappa shape index (κ2) is 2.75. The van der Waals surface area contributed by atoms with Crippen LogP contribution in [0.3, 0.4) is 0 Å². The molecule has 2 aliphatic rings. The monoisotopic (exact) mass is 228 g/mol. The van der Waals surface area contributed by atoms with Crippen molar-refractivity contribution in [3.8, 4) is 0 Å². The van der Waals surface area contributed by atoms with Gasteiger partial charge >= 0.3 is 5.97 Å². The number of thioether (sulfide) groups is 1. The number of nitrogens with two attached hydrogens (primary N) is 1. The van der Waals surface area contributed by atoms with Crippen LogP contribution in [-0.2, 0) is 14.4 Å².